The predicted molar refractivity (Wildman–Crippen MR) is 124 cm³/mol. The molecular formula is C22H28F3N7O4. The maximum Gasteiger partial charge on any atom is 0.423 e. The Kier molecular flexibility index (Phi) is 11.1. The third-order valence-corrected chi connectivity index (χ3v) is 5.00. The molecule has 2 aromatic rings. The molecule has 2 aromatic heterocycles. The Hall–Kier alpha value is -3.70. The van der Waals surface area contributed by atoms with E-state index in [9.17, 15) is 22.8 Å². The molecule has 11 nitrogen and oxygen atoms in total. The molecule has 2 N–H and O–H groups in total. The number of rotatable bonds is 8. The van der Waals surface area contributed by atoms with Gasteiger partial charge in [-0.25, -0.2) is 10.1 Å². The van der Waals surface area contributed by atoms with Crippen molar-refractivity contribution in [2.45, 2.75) is 12.6 Å². The summed E-state index contributed by atoms with van der Waals surface area (Å²) in [7, 11) is 3.25. The lowest BCUT2D eigenvalue weighted by atomic mass is 10.2. The lowest BCUT2D eigenvalue weighted by Gasteiger charge is -2.35. The summed E-state index contributed by atoms with van der Waals surface area (Å²) in [5.41, 5.74) is -2.62. The molecule has 0 radical (unpaired) electrons. The summed E-state index contributed by atoms with van der Waals surface area (Å²) in [4.78, 5) is 31.8. The van der Waals surface area contributed by atoms with E-state index >= 15 is 0 Å². The zero-order valence-electron chi connectivity index (χ0n) is 20.0. The smallest absolute Gasteiger partial charge is 0.388 e. The summed E-state index contributed by atoms with van der Waals surface area (Å²) < 4.78 is 48.5. The van der Waals surface area contributed by atoms with Gasteiger partial charge in [0.2, 0.25) is 5.91 Å². The lowest BCUT2D eigenvalue weighted by molar-refractivity contribution is -0.138. The van der Waals surface area contributed by atoms with Crippen molar-refractivity contribution in [2.24, 2.45) is 0 Å². The van der Waals surface area contributed by atoms with E-state index in [0.29, 0.717) is 31.7 Å². The Morgan fingerprint density at radius 1 is 1.19 bits per heavy atom. The van der Waals surface area contributed by atoms with Gasteiger partial charge in [0.15, 0.2) is 0 Å². The van der Waals surface area contributed by atoms with Gasteiger partial charge in [-0.3, -0.25) is 9.59 Å². The zero-order chi connectivity index (χ0) is 26.6. The molecule has 1 amide bonds. The normalized spacial score (nSPS) is 13.4. The van der Waals surface area contributed by atoms with E-state index in [-0.39, 0.29) is 32.1 Å². The van der Waals surface area contributed by atoms with Crippen LogP contribution in [0, 0.1) is 11.3 Å². The molecule has 0 aromatic carbocycles. The molecule has 0 bridgehead atoms. The van der Waals surface area contributed by atoms with Crippen LogP contribution in [0.1, 0.15) is 17.5 Å². The second-order valence-electron chi connectivity index (χ2n) is 7.57. The fraction of sp³-hybridized carbons (Fsp3) is 0.500. The number of pyridine rings is 1. The largest absolute Gasteiger partial charge is 0.423 e. The van der Waals surface area contributed by atoms with Gasteiger partial charge < -0.3 is 24.6 Å². The van der Waals surface area contributed by atoms with Gasteiger partial charge in [-0.2, -0.15) is 23.5 Å². The summed E-state index contributed by atoms with van der Waals surface area (Å²) in [6.07, 6.45) is -2.27. The van der Waals surface area contributed by atoms with Crippen LogP contribution in [0.3, 0.4) is 0 Å². The molecule has 0 spiro atoms. The minimum atomic E-state index is -4.81. The van der Waals surface area contributed by atoms with Crippen LogP contribution in [0.15, 0.2) is 29.3 Å². The summed E-state index contributed by atoms with van der Waals surface area (Å²) >= 11 is 0. The molecule has 0 unspecified atom stereocenters. The van der Waals surface area contributed by atoms with E-state index in [2.05, 4.69) is 20.1 Å². The van der Waals surface area contributed by atoms with Crippen LogP contribution in [-0.4, -0.2) is 86.1 Å². The number of nitriles is 1. The molecule has 1 fully saturated rings. The molecular weight excluding hydrogens is 483 g/mol. The SMILES string of the molecule is COC.N#Cc1ccc(N2CCN(C(=O)CCOCCNc3cn[nH]c(=O)c3C(F)(F)F)CC2)nc1. The maximum atomic E-state index is 13.0. The highest BCUT2D eigenvalue weighted by molar-refractivity contribution is 5.76. The Bertz CT molecular complexity index is 1060. The van der Waals surface area contributed by atoms with Crippen molar-refractivity contribution in [3.05, 3.63) is 46.0 Å². The van der Waals surface area contributed by atoms with Crippen molar-refractivity contribution in [1.82, 2.24) is 20.1 Å². The van der Waals surface area contributed by atoms with E-state index in [4.69, 9.17) is 10.00 Å². The molecule has 1 aliphatic heterocycles. The number of H-pyrrole nitrogens is 1. The van der Waals surface area contributed by atoms with Gasteiger partial charge in [-0.15, -0.1) is 0 Å². The van der Waals surface area contributed by atoms with Crippen LogP contribution in [0.25, 0.3) is 0 Å². The molecule has 1 aliphatic rings. The Balaban J connectivity index is 0.00000145. The lowest BCUT2D eigenvalue weighted by Crippen LogP contribution is -2.49. The first-order chi connectivity index (χ1) is 17.2. The van der Waals surface area contributed by atoms with E-state index in [0.717, 1.165) is 12.0 Å². The van der Waals surface area contributed by atoms with Crippen molar-refractivity contribution in [3.8, 4) is 6.07 Å². The van der Waals surface area contributed by atoms with Crippen LogP contribution >= 0.6 is 0 Å². The number of aromatic amines is 1. The van der Waals surface area contributed by atoms with Crippen molar-refractivity contribution >= 4 is 17.4 Å². The quantitative estimate of drug-likeness (QED) is 0.505. The van der Waals surface area contributed by atoms with Gasteiger partial charge in [0.1, 0.15) is 17.5 Å². The average molecular weight is 512 g/mol. The molecule has 0 saturated carbocycles. The van der Waals surface area contributed by atoms with E-state index in [1.807, 2.05) is 11.0 Å². The number of ether oxygens (including phenoxy) is 2. The van der Waals surface area contributed by atoms with Crippen LogP contribution in [0.5, 0.6) is 0 Å². The second kappa shape index (κ2) is 14.0. The Labute approximate surface area is 205 Å². The van der Waals surface area contributed by atoms with Gasteiger partial charge >= 0.3 is 6.18 Å². The van der Waals surface area contributed by atoms with E-state index < -0.39 is 23.0 Å². The number of nitrogens with zero attached hydrogens (tertiary/aromatic N) is 5. The second-order valence-corrected chi connectivity index (χ2v) is 7.57. The number of carbonyl (C=O) groups is 1. The number of anilines is 2. The van der Waals surface area contributed by atoms with E-state index in [1.165, 1.54) is 6.20 Å². The van der Waals surface area contributed by atoms with Crippen LogP contribution in [-0.2, 0) is 20.4 Å². The highest BCUT2D eigenvalue weighted by Crippen LogP contribution is 2.31. The number of carbonyl (C=O) groups excluding carboxylic acids is 1. The Morgan fingerprint density at radius 2 is 1.89 bits per heavy atom. The van der Waals surface area contributed by atoms with Gasteiger partial charge in [0.05, 0.1) is 37.1 Å². The number of alkyl halides is 3. The first kappa shape index (κ1) is 28.5. The summed E-state index contributed by atoms with van der Waals surface area (Å²) in [5, 5.41) is 16.5. The van der Waals surface area contributed by atoms with Gasteiger partial charge in [0.25, 0.3) is 5.56 Å². The number of hydrogen-bond donors (Lipinski definition) is 2. The molecule has 1 saturated heterocycles. The highest BCUT2D eigenvalue weighted by Gasteiger charge is 2.37. The van der Waals surface area contributed by atoms with Gasteiger partial charge in [0, 0.05) is 53.1 Å². The summed E-state index contributed by atoms with van der Waals surface area (Å²) in [5.74, 6) is 0.676. The molecule has 14 heteroatoms. The molecule has 0 atom stereocenters. The van der Waals surface area contributed by atoms with E-state index in [1.54, 1.807) is 36.4 Å². The summed E-state index contributed by atoms with van der Waals surface area (Å²) in [6, 6.07) is 5.49. The monoisotopic (exact) mass is 511 g/mol. The molecule has 3 rings (SSSR count). The topological polar surface area (TPSA) is 136 Å². The van der Waals surface area contributed by atoms with Crippen LogP contribution in [0.4, 0.5) is 24.7 Å². The van der Waals surface area contributed by atoms with Crippen molar-refractivity contribution in [2.75, 3.05) is 70.4 Å². The zero-order valence-corrected chi connectivity index (χ0v) is 20.0. The maximum absolute atomic E-state index is 13.0. The average Bonchev–Trinajstić information content (AvgIpc) is 2.86. The number of methoxy groups -OCH3 is 1. The fourth-order valence-corrected chi connectivity index (χ4v) is 3.32. The first-order valence-corrected chi connectivity index (χ1v) is 11.0. The van der Waals surface area contributed by atoms with Crippen molar-refractivity contribution in [1.29, 1.82) is 5.26 Å². The third-order valence-electron chi connectivity index (χ3n) is 5.00. The fourth-order valence-electron chi connectivity index (χ4n) is 3.32. The Morgan fingerprint density at radius 3 is 2.47 bits per heavy atom. The molecule has 0 aliphatic carbocycles. The van der Waals surface area contributed by atoms with Crippen LogP contribution < -0.4 is 15.8 Å². The molecule has 196 valence electrons. The minimum Gasteiger partial charge on any atom is -0.388 e. The molecule has 3 heterocycles. The third kappa shape index (κ3) is 8.51. The van der Waals surface area contributed by atoms with Crippen LogP contribution in [0.2, 0.25) is 0 Å². The molecule has 36 heavy (non-hydrogen) atoms. The van der Waals surface area contributed by atoms with Gasteiger partial charge in [-0.05, 0) is 12.1 Å². The minimum absolute atomic E-state index is 0.0126. The number of amides is 1. The number of halogens is 3. The predicted octanol–water partition coefficient (Wildman–Crippen LogP) is 1.49. The van der Waals surface area contributed by atoms with Crippen molar-refractivity contribution < 1.29 is 27.4 Å². The first-order valence-electron chi connectivity index (χ1n) is 11.0. The number of nitrogens with one attached hydrogen (secondary N) is 2. The van der Waals surface area contributed by atoms with Gasteiger partial charge in [-0.1, -0.05) is 0 Å². The number of aromatic nitrogens is 3. The number of piperazine rings is 1. The summed E-state index contributed by atoms with van der Waals surface area (Å²) in [6.45, 7) is 2.46. The van der Waals surface area contributed by atoms with Crippen molar-refractivity contribution in [3.63, 3.8) is 0 Å². The standard InChI is InChI=1S/C20H22F3N7O3.C2H6O/c21-20(22,23)18-15(13-27-28-19(18)32)25-4-10-33-9-3-17(31)30-7-5-29(6-8-30)16-2-1-14(11-24)12-26-16;1-3-2/h1-2,12-13H,3-10H2,(H2,25,28,32);1-2H3. The highest BCUT2D eigenvalue weighted by atomic mass is 19.4. The number of hydrogen-bond acceptors (Lipinski definition) is 9.